The van der Waals surface area contributed by atoms with Crippen molar-refractivity contribution in [3.05, 3.63) is 71.5 Å². The van der Waals surface area contributed by atoms with E-state index in [1.54, 1.807) is 9.13 Å². The van der Waals surface area contributed by atoms with Crippen molar-refractivity contribution < 1.29 is 50.1 Å². The van der Waals surface area contributed by atoms with Gasteiger partial charge >= 0.3 is 0 Å². The summed E-state index contributed by atoms with van der Waals surface area (Å²) in [7, 11) is 0. The van der Waals surface area contributed by atoms with Crippen LogP contribution in [0.25, 0.3) is 22.3 Å². The summed E-state index contributed by atoms with van der Waals surface area (Å²) in [6.45, 7) is 1.69. The Labute approximate surface area is 366 Å². The van der Waals surface area contributed by atoms with Gasteiger partial charge in [-0.15, -0.1) is 0 Å². The third kappa shape index (κ3) is 9.49. The molecule has 0 radical (unpaired) electrons. The van der Waals surface area contributed by atoms with E-state index in [9.17, 15) is 36.6 Å². The number of fused-ring (bicyclic) bond motifs is 2. The van der Waals surface area contributed by atoms with E-state index in [0.717, 1.165) is 25.7 Å². The number of aliphatic hydroxyl groups excluding tert-OH is 2. The lowest BCUT2D eigenvalue weighted by Gasteiger charge is -2.26. The number of nitrogens with zero attached hydrogens (tertiary/aromatic N) is 8. The number of benzene rings is 2. The van der Waals surface area contributed by atoms with E-state index in [2.05, 4.69) is 51.2 Å². The van der Waals surface area contributed by atoms with E-state index in [-0.39, 0.29) is 48.3 Å². The topological polar surface area (TPSA) is 194 Å². The fourth-order valence-electron chi connectivity index (χ4n) is 8.43. The summed E-state index contributed by atoms with van der Waals surface area (Å²) in [5.74, 6) is -7.43. The lowest BCUT2D eigenvalue weighted by molar-refractivity contribution is 0.125. The average molecular weight is 900 g/mol. The van der Waals surface area contributed by atoms with Gasteiger partial charge in [0.05, 0.1) is 54.0 Å². The van der Waals surface area contributed by atoms with Crippen molar-refractivity contribution in [2.24, 2.45) is 0 Å². The maximum atomic E-state index is 14.6. The zero-order chi connectivity index (χ0) is 47.1. The van der Waals surface area contributed by atoms with Crippen molar-refractivity contribution in [3.63, 3.8) is 0 Å². The zero-order valence-corrected chi connectivity index (χ0v) is 34.2. The van der Waals surface area contributed by atoms with Crippen LogP contribution in [0.2, 0.25) is 0 Å². The van der Waals surface area contributed by atoms with Gasteiger partial charge in [0.25, 0.3) is 0 Å². The second-order valence-corrected chi connectivity index (χ2v) is 16.2. The molecule has 0 spiro atoms. The highest BCUT2D eigenvalue weighted by Gasteiger charge is 2.29. The fourth-order valence-corrected chi connectivity index (χ4v) is 8.43. The molecule has 2 aliphatic heterocycles. The molecule has 4 aromatic heterocycles. The molecule has 64 heavy (non-hydrogen) atoms. The molecule has 10 rings (SSSR count). The highest BCUT2D eigenvalue weighted by molar-refractivity contribution is 5.78. The van der Waals surface area contributed by atoms with Gasteiger partial charge in [-0.2, -0.15) is 9.97 Å². The van der Waals surface area contributed by atoms with Crippen molar-refractivity contribution in [2.75, 3.05) is 47.7 Å². The van der Waals surface area contributed by atoms with Crippen LogP contribution < -0.4 is 21.3 Å². The van der Waals surface area contributed by atoms with Crippen LogP contribution in [0, 0.1) is 34.9 Å². The van der Waals surface area contributed by atoms with Crippen LogP contribution in [0.1, 0.15) is 80.4 Å². The average Bonchev–Trinajstić information content (AvgIpc) is 4.16. The molecule has 6 N–H and O–H groups in total. The number of halogens is 6. The van der Waals surface area contributed by atoms with Gasteiger partial charge in [-0.05, 0) is 64.2 Å². The number of ether oxygens (including phenoxy) is 2. The van der Waals surface area contributed by atoms with Crippen molar-refractivity contribution in [1.82, 2.24) is 39.0 Å². The normalized spacial score (nSPS) is 24.2. The molecule has 2 atom stereocenters. The SMILES string of the molecule is [2H]c1c(F)c([2H])c(F)c(Nc2nc3cnc(NC4CCC(O)CC4)nc3n2C2CCOC2)c1F.[2H]c1c(F)cc(F)c(Nc2nc3cnc(NC4CCC(O)CC4)nc3n2C2CCOC2)c1F. The molecule has 22 heteroatoms. The van der Waals surface area contributed by atoms with Gasteiger partial charge in [-0.25, -0.2) is 46.3 Å². The van der Waals surface area contributed by atoms with Gasteiger partial charge in [0.1, 0.15) is 34.0 Å². The fraction of sp³-hybridized carbons (Fsp3) is 0.476. The van der Waals surface area contributed by atoms with Gasteiger partial charge in [-0.3, -0.25) is 9.13 Å². The summed E-state index contributed by atoms with van der Waals surface area (Å²) < 4.78 is 122. The van der Waals surface area contributed by atoms with E-state index in [0.29, 0.717) is 105 Å². The Morgan fingerprint density at radius 3 is 1.41 bits per heavy atom. The number of aliphatic hydroxyl groups is 2. The minimum atomic E-state index is -1.57. The van der Waals surface area contributed by atoms with Crippen LogP contribution in [0.5, 0.6) is 0 Å². The van der Waals surface area contributed by atoms with Gasteiger partial charge in [0, 0.05) is 49.5 Å². The van der Waals surface area contributed by atoms with E-state index in [1.807, 2.05) is 0 Å². The molecule has 16 nitrogen and oxygen atoms in total. The van der Waals surface area contributed by atoms with Crippen LogP contribution in [0.4, 0.5) is 61.5 Å². The van der Waals surface area contributed by atoms with Gasteiger partial charge in [0.15, 0.2) is 34.6 Å². The minimum Gasteiger partial charge on any atom is -0.393 e. The summed E-state index contributed by atoms with van der Waals surface area (Å²) in [5.41, 5.74) is 0.131. The predicted molar refractivity (Wildman–Crippen MR) is 223 cm³/mol. The Balaban J connectivity index is 0.000000168. The summed E-state index contributed by atoms with van der Waals surface area (Å²) in [6, 6.07) is -3.17. The molecule has 2 aliphatic carbocycles. The summed E-state index contributed by atoms with van der Waals surface area (Å²) in [5, 5.41) is 31.1. The molecule has 2 aromatic carbocycles. The first kappa shape index (κ1) is 39.7. The van der Waals surface area contributed by atoms with Crippen molar-refractivity contribution in [2.45, 2.75) is 101 Å². The largest absolute Gasteiger partial charge is 0.393 e. The number of hydrogen-bond acceptors (Lipinski definition) is 14. The maximum Gasteiger partial charge on any atom is 0.224 e. The number of anilines is 6. The van der Waals surface area contributed by atoms with Crippen molar-refractivity contribution in [1.29, 1.82) is 0 Å². The van der Waals surface area contributed by atoms with Crippen LogP contribution in [-0.4, -0.2) is 100.0 Å². The van der Waals surface area contributed by atoms with Crippen LogP contribution in [0.3, 0.4) is 0 Å². The Morgan fingerprint density at radius 1 is 0.562 bits per heavy atom. The quantitative estimate of drug-likeness (QED) is 0.0749. The van der Waals surface area contributed by atoms with E-state index < -0.39 is 64.4 Å². The first-order valence-electron chi connectivity index (χ1n) is 22.6. The molecule has 2 unspecified atom stereocenters. The number of aromatic nitrogens is 8. The standard InChI is InChI=1S/2C21H23F3N6O2/c2*22-11-7-15(23)18(16(24)8-11)28-21-27-17-9-25-20(26-12-1-3-14(31)4-2-12)29-19(17)30(21)13-5-6-32-10-13/h2*7-9,12-14,31H,1-6,10H2,(H,27,28)(H,25,26,29)/i7D,8D;7D. The molecule has 4 fully saturated rings. The van der Waals surface area contributed by atoms with Crippen LogP contribution in [-0.2, 0) is 9.47 Å². The summed E-state index contributed by atoms with van der Waals surface area (Å²) in [4.78, 5) is 26.6. The highest BCUT2D eigenvalue weighted by atomic mass is 19.2. The molecule has 2 saturated heterocycles. The van der Waals surface area contributed by atoms with E-state index in [1.165, 1.54) is 12.4 Å². The summed E-state index contributed by atoms with van der Waals surface area (Å²) >= 11 is 0. The second-order valence-electron chi connectivity index (χ2n) is 16.2. The van der Waals surface area contributed by atoms with Crippen LogP contribution in [0.15, 0.2) is 36.6 Å². The Kier molecular flexibility index (Phi) is 11.6. The monoisotopic (exact) mass is 899 g/mol. The molecule has 4 aliphatic rings. The summed E-state index contributed by atoms with van der Waals surface area (Å²) in [6.07, 6.45) is 9.63. The Hall–Kier alpha value is -5.84. The first-order valence-corrected chi connectivity index (χ1v) is 21.1. The van der Waals surface area contributed by atoms with Crippen LogP contribution >= 0.6 is 0 Å². The maximum absolute atomic E-state index is 14.6. The lowest BCUT2D eigenvalue weighted by atomic mass is 9.93. The van der Waals surface area contributed by atoms with Gasteiger partial charge < -0.3 is 41.0 Å². The zero-order valence-electron chi connectivity index (χ0n) is 37.2. The van der Waals surface area contributed by atoms with Crippen molar-refractivity contribution in [3.8, 4) is 0 Å². The van der Waals surface area contributed by atoms with Gasteiger partial charge in [-0.1, -0.05) is 0 Å². The number of rotatable bonds is 10. The molecule has 2 saturated carbocycles. The minimum absolute atomic E-state index is 0.0148. The molecule has 6 heterocycles. The first-order chi connectivity index (χ1) is 32.2. The Morgan fingerprint density at radius 2 is 0.984 bits per heavy atom. The molecule has 0 amide bonds. The molecule has 340 valence electrons. The molecular weight excluding hydrogens is 851 g/mol. The predicted octanol–water partition coefficient (Wildman–Crippen LogP) is 7.33. The molecule has 0 bridgehead atoms. The van der Waals surface area contributed by atoms with E-state index in [4.69, 9.17) is 13.6 Å². The lowest BCUT2D eigenvalue weighted by Crippen LogP contribution is -2.29. The van der Waals surface area contributed by atoms with Gasteiger partial charge in [0.2, 0.25) is 23.8 Å². The third-order valence-corrected chi connectivity index (χ3v) is 11.8. The number of imidazole rings is 2. The second kappa shape index (κ2) is 18.7. The van der Waals surface area contributed by atoms with Crippen molar-refractivity contribution >= 4 is 57.5 Å². The number of hydrogen-bond donors (Lipinski definition) is 6. The smallest absolute Gasteiger partial charge is 0.224 e. The molecule has 6 aromatic rings. The Bertz CT molecular complexity index is 2750. The van der Waals surface area contributed by atoms with E-state index >= 15 is 0 Å². The highest BCUT2D eigenvalue weighted by Crippen LogP contribution is 2.35. The number of nitrogens with one attached hydrogen (secondary N) is 4. The third-order valence-electron chi connectivity index (χ3n) is 11.8. The molecular formula is C42H46F6N12O4.